The Bertz CT molecular complexity index is 1200. The largest absolute Gasteiger partial charge is 0.462 e. The number of aliphatic hydroxyl groups is 7. The van der Waals surface area contributed by atoms with Gasteiger partial charge in [-0.25, -0.2) is 0 Å². The predicted molar refractivity (Wildman–Crippen MR) is 238 cm³/mol. The minimum absolute atomic E-state index is 0.162. The second kappa shape index (κ2) is 36.1. The van der Waals surface area contributed by atoms with E-state index in [4.69, 9.17) is 28.4 Å². The van der Waals surface area contributed by atoms with Gasteiger partial charge in [0.15, 0.2) is 18.7 Å². The molecule has 15 nitrogen and oxygen atoms in total. The molecular formula is C48H86O15. The first-order valence-corrected chi connectivity index (χ1v) is 24.4. The van der Waals surface area contributed by atoms with Crippen molar-refractivity contribution in [1.82, 2.24) is 0 Å². The van der Waals surface area contributed by atoms with Gasteiger partial charge >= 0.3 is 11.9 Å². The van der Waals surface area contributed by atoms with E-state index < -0.39 is 92.7 Å². The molecule has 2 heterocycles. The topological polar surface area (TPSA) is 231 Å². The Hall–Kier alpha value is -2.02. The van der Waals surface area contributed by atoms with Crippen molar-refractivity contribution in [3.8, 4) is 0 Å². The first kappa shape index (κ1) is 57.1. The summed E-state index contributed by atoms with van der Waals surface area (Å²) in [5.74, 6) is -0.937. The summed E-state index contributed by atoms with van der Waals surface area (Å²) in [5, 5.41) is 71.8. The van der Waals surface area contributed by atoms with Crippen molar-refractivity contribution >= 4 is 11.9 Å². The van der Waals surface area contributed by atoms with E-state index in [-0.39, 0.29) is 26.1 Å². The van der Waals surface area contributed by atoms with Gasteiger partial charge in [0, 0.05) is 12.8 Å². The lowest BCUT2D eigenvalue weighted by Gasteiger charge is -2.42. The van der Waals surface area contributed by atoms with E-state index in [0.717, 1.165) is 70.6 Å². The fourth-order valence-corrected chi connectivity index (χ4v) is 7.60. The van der Waals surface area contributed by atoms with E-state index in [9.17, 15) is 45.3 Å². The molecule has 0 spiro atoms. The molecule has 0 aliphatic carbocycles. The van der Waals surface area contributed by atoms with Crippen LogP contribution < -0.4 is 0 Å². The molecule has 0 aromatic carbocycles. The quantitative estimate of drug-likeness (QED) is 0.0216. The Morgan fingerprint density at radius 3 is 1.48 bits per heavy atom. The third-order valence-electron chi connectivity index (χ3n) is 11.7. The molecule has 2 aliphatic rings. The number of carbonyl (C=O) groups is 2. The molecule has 0 saturated carbocycles. The highest BCUT2D eigenvalue weighted by molar-refractivity contribution is 5.70. The van der Waals surface area contributed by atoms with Crippen LogP contribution in [0.1, 0.15) is 174 Å². The van der Waals surface area contributed by atoms with Crippen LogP contribution in [0.2, 0.25) is 0 Å². The molecule has 63 heavy (non-hydrogen) atoms. The lowest BCUT2D eigenvalue weighted by Crippen LogP contribution is -2.61. The van der Waals surface area contributed by atoms with Gasteiger partial charge in [-0.3, -0.25) is 9.59 Å². The zero-order valence-electron chi connectivity index (χ0n) is 38.6. The fraction of sp³-hybridized carbons (Fsp3) is 0.875. The molecule has 2 fully saturated rings. The molecule has 0 amide bonds. The zero-order valence-corrected chi connectivity index (χ0v) is 38.6. The van der Waals surface area contributed by atoms with Crippen molar-refractivity contribution in [2.45, 2.75) is 242 Å². The smallest absolute Gasteiger partial charge is 0.306 e. The minimum Gasteiger partial charge on any atom is -0.462 e. The molecular weight excluding hydrogens is 817 g/mol. The third kappa shape index (κ3) is 24.9. The van der Waals surface area contributed by atoms with Gasteiger partial charge in [0.2, 0.25) is 0 Å². The van der Waals surface area contributed by atoms with Crippen molar-refractivity contribution in [2.24, 2.45) is 0 Å². The molecule has 15 heteroatoms. The van der Waals surface area contributed by atoms with E-state index in [2.05, 4.69) is 38.2 Å². The van der Waals surface area contributed by atoms with Gasteiger partial charge in [0.05, 0.1) is 19.8 Å². The number of rotatable bonds is 37. The number of ether oxygens (including phenoxy) is 6. The number of hydrogen-bond acceptors (Lipinski definition) is 15. The van der Waals surface area contributed by atoms with Gasteiger partial charge in [0.25, 0.3) is 0 Å². The summed E-state index contributed by atoms with van der Waals surface area (Å²) in [7, 11) is 0. The highest BCUT2D eigenvalue weighted by Crippen LogP contribution is 2.26. The summed E-state index contributed by atoms with van der Waals surface area (Å²) in [5.41, 5.74) is 0. The van der Waals surface area contributed by atoms with Crippen LogP contribution in [0.15, 0.2) is 24.3 Å². The summed E-state index contributed by atoms with van der Waals surface area (Å²) >= 11 is 0. The van der Waals surface area contributed by atoms with Crippen molar-refractivity contribution in [1.29, 1.82) is 0 Å². The first-order chi connectivity index (χ1) is 30.5. The average molecular weight is 903 g/mol. The van der Waals surface area contributed by atoms with Gasteiger partial charge in [-0.05, 0) is 44.9 Å². The highest BCUT2D eigenvalue weighted by atomic mass is 16.7. The lowest BCUT2D eigenvalue weighted by atomic mass is 9.98. The van der Waals surface area contributed by atoms with Crippen LogP contribution in [0.25, 0.3) is 0 Å². The van der Waals surface area contributed by atoms with Gasteiger partial charge in [-0.1, -0.05) is 141 Å². The van der Waals surface area contributed by atoms with E-state index in [1.807, 2.05) is 0 Å². The Kier molecular flexibility index (Phi) is 32.8. The van der Waals surface area contributed by atoms with Crippen LogP contribution in [0.3, 0.4) is 0 Å². The number of aliphatic hydroxyl groups excluding tert-OH is 7. The number of unbranched alkanes of at least 4 members (excludes halogenated alkanes) is 19. The molecule has 2 rings (SSSR count). The van der Waals surface area contributed by atoms with Crippen molar-refractivity contribution in [3.05, 3.63) is 24.3 Å². The maximum Gasteiger partial charge on any atom is 0.306 e. The Labute approximate surface area is 377 Å². The predicted octanol–water partition coefficient (Wildman–Crippen LogP) is 5.99. The standard InChI is InChI=1S/C48H86O15/c1-3-5-7-9-11-12-13-14-15-16-17-18-19-20-21-22-23-24-25-27-29-31-40(51)61-36(33-58-39(50)30-28-26-10-8-6-4-2)34-59-47-46(57)44(55)42(53)38(63-47)35-60-48-45(56)43(54)41(52)37(32-49)62-48/h13-14,16-17,36-38,41-49,52-57H,3-12,15,18-35H2,1-2H3/b14-13-,17-16-. The molecule has 368 valence electrons. The molecule has 0 radical (unpaired) electrons. The van der Waals surface area contributed by atoms with Crippen LogP contribution >= 0.6 is 0 Å². The molecule has 7 N–H and O–H groups in total. The molecule has 11 atom stereocenters. The van der Waals surface area contributed by atoms with Gasteiger partial charge in [-0.2, -0.15) is 0 Å². The fourth-order valence-electron chi connectivity index (χ4n) is 7.60. The Balaban J connectivity index is 1.75. The molecule has 2 saturated heterocycles. The summed E-state index contributed by atoms with van der Waals surface area (Å²) in [4.78, 5) is 25.5. The normalized spacial score (nSPS) is 27.0. The second-order valence-electron chi connectivity index (χ2n) is 17.3. The molecule has 0 aromatic rings. The second-order valence-corrected chi connectivity index (χ2v) is 17.3. The Morgan fingerprint density at radius 2 is 0.952 bits per heavy atom. The number of hydrogen-bond donors (Lipinski definition) is 7. The van der Waals surface area contributed by atoms with Crippen molar-refractivity contribution < 1.29 is 73.8 Å². The monoisotopic (exact) mass is 903 g/mol. The van der Waals surface area contributed by atoms with Crippen molar-refractivity contribution in [2.75, 3.05) is 26.4 Å². The minimum atomic E-state index is -1.76. The van der Waals surface area contributed by atoms with Crippen LogP contribution in [0.4, 0.5) is 0 Å². The molecule has 11 unspecified atom stereocenters. The summed E-state index contributed by atoms with van der Waals surface area (Å²) in [6.45, 7) is 2.50. The van der Waals surface area contributed by atoms with Crippen LogP contribution in [-0.4, -0.2) is 142 Å². The third-order valence-corrected chi connectivity index (χ3v) is 11.7. The summed E-state index contributed by atoms with van der Waals surface area (Å²) < 4.78 is 33.4. The molecule has 0 aromatic heterocycles. The maximum absolute atomic E-state index is 12.9. The molecule has 0 bridgehead atoms. The van der Waals surface area contributed by atoms with E-state index in [1.54, 1.807) is 0 Å². The first-order valence-electron chi connectivity index (χ1n) is 24.4. The van der Waals surface area contributed by atoms with Gasteiger partial charge in [-0.15, -0.1) is 0 Å². The summed E-state index contributed by atoms with van der Waals surface area (Å²) in [6.07, 6.45) is 18.3. The van der Waals surface area contributed by atoms with Crippen LogP contribution in [0.5, 0.6) is 0 Å². The number of allylic oxidation sites excluding steroid dienone is 4. The lowest BCUT2D eigenvalue weighted by molar-refractivity contribution is -0.332. The van der Waals surface area contributed by atoms with Crippen LogP contribution in [-0.2, 0) is 38.0 Å². The average Bonchev–Trinajstić information content (AvgIpc) is 3.28. The van der Waals surface area contributed by atoms with Crippen molar-refractivity contribution in [3.63, 3.8) is 0 Å². The summed E-state index contributed by atoms with van der Waals surface area (Å²) in [6, 6.07) is 0. The molecule has 2 aliphatic heterocycles. The van der Waals surface area contributed by atoms with Gasteiger partial charge < -0.3 is 64.2 Å². The Morgan fingerprint density at radius 1 is 0.508 bits per heavy atom. The van der Waals surface area contributed by atoms with Gasteiger partial charge in [0.1, 0.15) is 55.4 Å². The zero-order chi connectivity index (χ0) is 46.1. The SMILES string of the molecule is CCCCCCC/C=C\C/C=C\CCCCCCCCCCCC(=O)OC(COC(=O)CCCCCCCC)COC1OC(COC2OC(CO)C(O)C(O)C2O)C(O)C(O)C1O. The van der Waals surface area contributed by atoms with E-state index >= 15 is 0 Å². The number of esters is 2. The van der Waals surface area contributed by atoms with E-state index in [0.29, 0.717) is 12.8 Å². The van der Waals surface area contributed by atoms with Crippen LogP contribution in [0, 0.1) is 0 Å². The highest BCUT2D eigenvalue weighted by Gasteiger charge is 2.47. The number of carbonyl (C=O) groups excluding carboxylic acids is 2. The maximum atomic E-state index is 12.9. The van der Waals surface area contributed by atoms with E-state index in [1.165, 1.54) is 64.2 Å².